The van der Waals surface area contributed by atoms with Crippen LogP contribution in [0.4, 0.5) is 21.9 Å². The molecule has 1 aliphatic heterocycles. The highest BCUT2D eigenvalue weighted by atomic mass is 35.5. The molecule has 1 aromatic heterocycles. The van der Waals surface area contributed by atoms with Gasteiger partial charge in [-0.1, -0.05) is 23.2 Å². The number of pyridine rings is 1. The first kappa shape index (κ1) is 24.6. The molecule has 0 saturated carbocycles. The number of anilines is 3. The number of sulfonamides is 1. The molecule has 0 atom stereocenters. The minimum Gasteiger partial charge on any atom is -0.619 e. The lowest BCUT2D eigenvalue weighted by Crippen LogP contribution is -2.36. The van der Waals surface area contributed by atoms with Crippen molar-refractivity contribution >= 4 is 62.3 Å². The molecule has 0 fully saturated rings. The molecule has 35 heavy (non-hydrogen) atoms. The lowest BCUT2D eigenvalue weighted by Gasteiger charge is -2.24. The summed E-state index contributed by atoms with van der Waals surface area (Å²) in [5.41, 5.74) is 1.62. The highest BCUT2D eigenvalue weighted by molar-refractivity contribution is 7.92. The minimum atomic E-state index is -4.33. The van der Waals surface area contributed by atoms with Crippen LogP contribution in [0.3, 0.4) is 0 Å². The molecule has 4 rings (SSSR count). The van der Waals surface area contributed by atoms with E-state index in [0.29, 0.717) is 34.6 Å². The number of carboxylic acid groups (broad SMARTS) is 1. The van der Waals surface area contributed by atoms with Crippen LogP contribution in [0.25, 0.3) is 0 Å². The van der Waals surface area contributed by atoms with Gasteiger partial charge in [0.1, 0.15) is 12.2 Å². The normalized spacial score (nSPS) is 12.8. The predicted molar refractivity (Wildman–Crippen MR) is 131 cm³/mol. The van der Waals surface area contributed by atoms with Crippen LogP contribution in [0.1, 0.15) is 5.56 Å². The van der Waals surface area contributed by atoms with Gasteiger partial charge in [0.2, 0.25) is 6.20 Å². The molecule has 0 radical (unpaired) electrons. The zero-order valence-electron chi connectivity index (χ0n) is 17.9. The summed E-state index contributed by atoms with van der Waals surface area (Å²) in [6.07, 6.45) is 2.92. The summed E-state index contributed by atoms with van der Waals surface area (Å²) in [7, 11) is -4.33. The third-order valence-electron chi connectivity index (χ3n) is 5.22. The number of rotatable bonds is 6. The quantitative estimate of drug-likeness (QED) is 0.365. The number of hydrogen-bond donors (Lipinski definition) is 2. The average Bonchev–Trinajstić information content (AvgIpc) is 3.20. The molecular weight excluding hydrogens is 519 g/mol. The Kier molecular flexibility index (Phi) is 6.75. The summed E-state index contributed by atoms with van der Waals surface area (Å²) in [4.78, 5) is 25.5. The van der Waals surface area contributed by atoms with Crippen LogP contribution in [0, 0.1) is 5.21 Å². The molecule has 2 aromatic carbocycles. The second-order valence-corrected chi connectivity index (χ2v) is 10.3. The Morgan fingerprint density at radius 1 is 1.14 bits per heavy atom. The predicted octanol–water partition coefficient (Wildman–Crippen LogP) is 3.50. The van der Waals surface area contributed by atoms with Gasteiger partial charge in [-0.15, -0.1) is 0 Å². The van der Waals surface area contributed by atoms with Gasteiger partial charge in [0.05, 0.1) is 10.6 Å². The first-order chi connectivity index (χ1) is 16.5. The monoisotopic (exact) mass is 536 g/mol. The number of halogens is 2. The number of nitrogens with one attached hydrogen (secondary N) is 1. The Hall–Kier alpha value is -3.54. The highest BCUT2D eigenvalue weighted by Gasteiger charge is 2.31. The second kappa shape index (κ2) is 9.61. The van der Waals surface area contributed by atoms with Crippen LogP contribution >= 0.6 is 23.2 Å². The number of urea groups is 1. The van der Waals surface area contributed by atoms with E-state index in [1.54, 1.807) is 12.1 Å². The number of carbonyl (C=O) groups is 2. The van der Waals surface area contributed by atoms with Crippen molar-refractivity contribution in [3.05, 3.63) is 81.7 Å². The molecule has 2 heterocycles. The summed E-state index contributed by atoms with van der Waals surface area (Å²) in [5.74, 6) is -1.36. The van der Waals surface area contributed by atoms with E-state index in [2.05, 4.69) is 5.32 Å². The Bertz CT molecular complexity index is 1410. The fourth-order valence-electron chi connectivity index (χ4n) is 3.72. The number of hydrogen-bond acceptors (Lipinski definition) is 5. The van der Waals surface area contributed by atoms with Gasteiger partial charge in [-0.25, -0.2) is 13.2 Å². The molecule has 2 N–H and O–H groups in total. The first-order valence-electron chi connectivity index (χ1n) is 10.2. The van der Waals surface area contributed by atoms with Crippen LogP contribution in [-0.4, -0.2) is 38.6 Å². The number of amides is 2. The summed E-state index contributed by atoms with van der Waals surface area (Å²) in [6.45, 7) is -0.525. The van der Waals surface area contributed by atoms with E-state index in [-0.39, 0.29) is 20.6 Å². The molecule has 182 valence electrons. The molecule has 0 bridgehead atoms. The van der Waals surface area contributed by atoms with Gasteiger partial charge in [-0.3, -0.25) is 14.0 Å². The van der Waals surface area contributed by atoms with E-state index < -0.39 is 28.6 Å². The Morgan fingerprint density at radius 2 is 1.86 bits per heavy atom. The van der Waals surface area contributed by atoms with E-state index in [4.69, 9.17) is 23.2 Å². The molecular formula is C22H18Cl2N4O6S. The number of benzene rings is 2. The second-order valence-electron chi connectivity index (χ2n) is 7.61. The van der Waals surface area contributed by atoms with Gasteiger partial charge in [-0.2, -0.15) is 4.73 Å². The Morgan fingerprint density at radius 3 is 2.51 bits per heavy atom. The van der Waals surface area contributed by atoms with Crippen molar-refractivity contribution in [2.75, 3.05) is 27.6 Å². The minimum absolute atomic E-state index is 0.0860. The Balaban J connectivity index is 1.65. The fraction of sp³-hybridized carbons (Fsp3) is 0.136. The summed E-state index contributed by atoms with van der Waals surface area (Å²) >= 11 is 11.9. The van der Waals surface area contributed by atoms with Crippen molar-refractivity contribution in [2.45, 2.75) is 11.3 Å². The summed E-state index contributed by atoms with van der Waals surface area (Å²) in [6, 6.07) is 10.8. The number of nitrogens with zero attached hydrogens (tertiary/aromatic N) is 3. The van der Waals surface area contributed by atoms with Crippen molar-refractivity contribution in [1.82, 2.24) is 0 Å². The van der Waals surface area contributed by atoms with E-state index in [1.807, 2.05) is 0 Å². The van der Waals surface area contributed by atoms with E-state index in [0.717, 1.165) is 4.31 Å². The Labute approximate surface area is 210 Å². The average molecular weight is 537 g/mol. The molecule has 0 aliphatic carbocycles. The first-order valence-corrected chi connectivity index (χ1v) is 12.3. The van der Waals surface area contributed by atoms with Crippen LogP contribution in [-0.2, 0) is 21.2 Å². The maximum absolute atomic E-state index is 13.3. The lowest BCUT2D eigenvalue weighted by molar-refractivity contribution is -0.604. The number of carboxylic acids is 1. The molecule has 0 saturated heterocycles. The number of fused-ring (bicyclic) bond motifs is 1. The molecule has 0 unspecified atom stereocenters. The van der Waals surface area contributed by atoms with Crippen molar-refractivity contribution < 1.29 is 27.8 Å². The maximum Gasteiger partial charge on any atom is 0.326 e. The van der Waals surface area contributed by atoms with E-state index in [1.165, 1.54) is 53.7 Å². The summed E-state index contributed by atoms with van der Waals surface area (Å²) in [5, 5.41) is 23.6. The van der Waals surface area contributed by atoms with Crippen molar-refractivity contribution in [1.29, 1.82) is 0 Å². The molecule has 10 nitrogen and oxygen atoms in total. The van der Waals surface area contributed by atoms with Gasteiger partial charge in [0.25, 0.3) is 10.0 Å². The van der Waals surface area contributed by atoms with Gasteiger partial charge in [-0.05, 0) is 54.4 Å². The third-order valence-corrected chi connectivity index (χ3v) is 7.41. The van der Waals surface area contributed by atoms with Gasteiger partial charge < -0.3 is 15.6 Å². The van der Waals surface area contributed by atoms with Crippen LogP contribution < -0.4 is 19.3 Å². The maximum atomic E-state index is 13.3. The number of aromatic nitrogens is 1. The van der Waals surface area contributed by atoms with Gasteiger partial charge in [0.15, 0.2) is 6.20 Å². The fourth-order valence-corrected chi connectivity index (χ4v) is 5.85. The van der Waals surface area contributed by atoms with E-state index >= 15 is 0 Å². The van der Waals surface area contributed by atoms with E-state index in [9.17, 15) is 28.3 Å². The standard InChI is InChI=1S/C22H18Cl2N4O6S/c23-15-9-16(24)11-19(10-15)35(33,34)28(13-21(29)30)18-3-4-20-14(8-18)5-7-27(20)22(31)25-17-2-1-6-26(32)12-17/h1-4,6,8-12H,5,7,13H2,(H,25,31)(H,29,30). The van der Waals surface area contributed by atoms with Gasteiger partial charge >= 0.3 is 12.0 Å². The molecule has 1 aliphatic rings. The van der Waals surface area contributed by atoms with Crippen LogP contribution in [0.5, 0.6) is 0 Å². The highest BCUT2D eigenvalue weighted by Crippen LogP contribution is 2.34. The molecule has 0 spiro atoms. The molecule has 3 aromatic rings. The lowest BCUT2D eigenvalue weighted by atomic mass is 10.1. The van der Waals surface area contributed by atoms with Crippen molar-refractivity contribution in [3.63, 3.8) is 0 Å². The topological polar surface area (TPSA) is 134 Å². The third kappa shape index (κ3) is 5.26. The number of aliphatic carboxylic acids is 1. The molecule has 2 amide bonds. The largest absolute Gasteiger partial charge is 0.619 e. The SMILES string of the molecule is O=C(O)CN(c1ccc2c(c1)CCN2C(=O)Nc1ccc[n+]([O-])c1)S(=O)(=O)c1cc(Cl)cc(Cl)c1. The zero-order valence-corrected chi connectivity index (χ0v) is 20.2. The van der Waals surface area contributed by atoms with Crippen molar-refractivity contribution in [3.8, 4) is 0 Å². The smallest absolute Gasteiger partial charge is 0.326 e. The van der Waals surface area contributed by atoms with Crippen LogP contribution in [0.15, 0.2) is 65.8 Å². The van der Waals surface area contributed by atoms with Crippen molar-refractivity contribution in [2.24, 2.45) is 0 Å². The summed E-state index contributed by atoms with van der Waals surface area (Å²) < 4.78 is 27.9. The zero-order chi connectivity index (χ0) is 25.3. The number of carbonyl (C=O) groups excluding carboxylic acids is 1. The van der Waals surface area contributed by atoms with Crippen LogP contribution in [0.2, 0.25) is 10.0 Å². The van der Waals surface area contributed by atoms with Gasteiger partial charge in [0, 0.05) is 28.3 Å². The molecule has 13 heteroatoms.